The van der Waals surface area contributed by atoms with Crippen molar-refractivity contribution < 1.29 is 9.90 Å². The minimum atomic E-state index is -0.198. The molecule has 0 atom stereocenters. The fourth-order valence-corrected chi connectivity index (χ4v) is 2.07. The molecule has 0 unspecified atom stereocenters. The number of nitrogens with one attached hydrogen (secondary N) is 1. The third kappa shape index (κ3) is 3.96. The number of hydrogen-bond acceptors (Lipinski definition) is 2. The molecule has 3 nitrogen and oxygen atoms in total. The zero-order valence-electron chi connectivity index (χ0n) is 10.3. The van der Waals surface area contributed by atoms with Crippen molar-refractivity contribution in [1.29, 1.82) is 0 Å². The zero-order valence-corrected chi connectivity index (χ0v) is 11.8. The predicted octanol–water partition coefficient (Wildman–Crippen LogP) is 2.90. The number of amides is 1. The minimum absolute atomic E-state index is 0.0861. The first-order valence-electron chi connectivity index (χ1n) is 6.06. The summed E-state index contributed by atoms with van der Waals surface area (Å²) in [4.78, 5) is 11.6. The number of hydrogen-bond donors (Lipinski definition) is 2. The van der Waals surface area contributed by atoms with Gasteiger partial charge in [0.1, 0.15) is 0 Å². The Kier molecular flexibility index (Phi) is 4.50. The molecule has 0 saturated heterocycles. The summed E-state index contributed by atoms with van der Waals surface area (Å²) in [6.07, 6.45) is 4.98. The lowest BCUT2D eigenvalue weighted by molar-refractivity contribution is -0.116. The number of halogens is 2. The summed E-state index contributed by atoms with van der Waals surface area (Å²) >= 11 is 11.8. The molecule has 1 fully saturated rings. The van der Waals surface area contributed by atoms with Crippen molar-refractivity contribution in [2.45, 2.75) is 12.8 Å². The monoisotopic (exact) mass is 299 g/mol. The number of carbonyl (C=O) groups is 1. The summed E-state index contributed by atoms with van der Waals surface area (Å²) < 4.78 is 0. The molecule has 0 heterocycles. The van der Waals surface area contributed by atoms with Gasteiger partial charge in [0.25, 0.3) is 0 Å². The fourth-order valence-electron chi connectivity index (χ4n) is 1.71. The Morgan fingerprint density at radius 2 is 2.16 bits per heavy atom. The van der Waals surface area contributed by atoms with Crippen molar-refractivity contribution in [2.24, 2.45) is 5.41 Å². The van der Waals surface area contributed by atoms with E-state index in [0.717, 1.165) is 12.8 Å². The Hall–Kier alpha value is -1.03. The third-order valence-electron chi connectivity index (χ3n) is 3.30. The number of aliphatic hydroxyl groups excluding tert-OH is 1. The molecule has 19 heavy (non-hydrogen) atoms. The van der Waals surface area contributed by atoms with Gasteiger partial charge < -0.3 is 10.4 Å². The molecule has 1 aromatic rings. The van der Waals surface area contributed by atoms with Crippen molar-refractivity contribution in [3.05, 3.63) is 39.9 Å². The van der Waals surface area contributed by atoms with Crippen LogP contribution in [0.15, 0.2) is 24.3 Å². The van der Waals surface area contributed by atoms with Crippen LogP contribution in [0.3, 0.4) is 0 Å². The summed E-state index contributed by atoms with van der Waals surface area (Å²) in [7, 11) is 0. The third-order valence-corrected chi connectivity index (χ3v) is 3.88. The molecule has 2 rings (SSSR count). The molecule has 2 N–H and O–H groups in total. The summed E-state index contributed by atoms with van der Waals surface area (Å²) in [6.45, 7) is 0.632. The van der Waals surface area contributed by atoms with E-state index in [-0.39, 0.29) is 17.9 Å². The van der Waals surface area contributed by atoms with E-state index in [9.17, 15) is 4.79 Å². The van der Waals surface area contributed by atoms with E-state index in [0.29, 0.717) is 22.2 Å². The van der Waals surface area contributed by atoms with Gasteiger partial charge in [0.05, 0.1) is 6.61 Å². The van der Waals surface area contributed by atoms with Crippen LogP contribution in [0.25, 0.3) is 6.08 Å². The van der Waals surface area contributed by atoms with E-state index in [2.05, 4.69) is 5.32 Å². The van der Waals surface area contributed by atoms with Gasteiger partial charge in [0, 0.05) is 28.1 Å². The van der Waals surface area contributed by atoms with Gasteiger partial charge in [-0.2, -0.15) is 0 Å². The lowest BCUT2D eigenvalue weighted by Crippen LogP contribution is -2.30. The number of carbonyl (C=O) groups excluding carboxylic acids is 1. The van der Waals surface area contributed by atoms with Gasteiger partial charge in [-0.05, 0) is 42.7 Å². The quantitative estimate of drug-likeness (QED) is 0.822. The largest absolute Gasteiger partial charge is 0.396 e. The van der Waals surface area contributed by atoms with Crippen LogP contribution in [0.5, 0.6) is 0 Å². The average molecular weight is 300 g/mol. The summed E-state index contributed by atoms with van der Waals surface area (Å²) in [5.74, 6) is -0.198. The van der Waals surface area contributed by atoms with Gasteiger partial charge in [-0.1, -0.05) is 23.2 Å². The standard InChI is InChI=1S/C14H15Cl2NO2/c15-11-2-3-12(16)10(7-11)1-4-13(19)17-8-14(9-18)5-6-14/h1-4,7,18H,5-6,8-9H2,(H,17,19)/b4-1+. The van der Waals surface area contributed by atoms with E-state index in [1.54, 1.807) is 24.3 Å². The van der Waals surface area contributed by atoms with Crippen LogP contribution in [-0.2, 0) is 4.79 Å². The number of aliphatic hydroxyl groups is 1. The van der Waals surface area contributed by atoms with Crippen LogP contribution in [0.1, 0.15) is 18.4 Å². The highest BCUT2D eigenvalue weighted by Gasteiger charge is 2.41. The van der Waals surface area contributed by atoms with Gasteiger partial charge >= 0.3 is 0 Å². The molecule has 5 heteroatoms. The molecule has 0 bridgehead atoms. The van der Waals surface area contributed by atoms with E-state index in [1.807, 2.05) is 0 Å². The molecule has 0 aromatic heterocycles. The van der Waals surface area contributed by atoms with Crippen LogP contribution >= 0.6 is 23.2 Å². The highest BCUT2D eigenvalue weighted by Crippen LogP contribution is 2.44. The summed E-state index contributed by atoms with van der Waals surface area (Å²) in [5, 5.41) is 13.0. The van der Waals surface area contributed by atoms with E-state index >= 15 is 0 Å². The Bertz CT molecular complexity index is 510. The van der Waals surface area contributed by atoms with Crippen LogP contribution in [-0.4, -0.2) is 24.2 Å². The van der Waals surface area contributed by atoms with Crippen LogP contribution < -0.4 is 5.32 Å². The maximum atomic E-state index is 11.6. The van der Waals surface area contributed by atoms with Crippen LogP contribution in [0.4, 0.5) is 0 Å². The van der Waals surface area contributed by atoms with Crippen molar-refractivity contribution in [2.75, 3.05) is 13.2 Å². The Balaban J connectivity index is 1.91. The summed E-state index contributed by atoms with van der Waals surface area (Å²) in [5.41, 5.74) is 0.615. The van der Waals surface area contributed by atoms with Gasteiger partial charge in [0.15, 0.2) is 0 Å². The second kappa shape index (κ2) is 5.95. The van der Waals surface area contributed by atoms with Crippen LogP contribution in [0, 0.1) is 5.41 Å². The SMILES string of the molecule is O=C(/C=C/c1cc(Cl)ccc1Cl)NCC1(CO)CC1. The van der Waals surface area contributed by atoms with E-state index in [1.165, 1.54) is 6.08 Å². The smallest absolute Gasteiger partial charge is 0.244 e. The number of rotatable bonds is 5. The first-order chi connectivity index (χ1) is 9.04. The molecule has 102 valence electrons. The topological polar surface area (TPSA) is 49.3 Å². The minimum Gasteiger partial charge on any atom is -0.396 e. The molecular weight excluding hydrogens is 285 g/mol. The predicted molar refractivity (Wildman–Crippen MR) is 77.3 cm³/mol. The Morgan fingerprint density at radius 1 is 1.42 bits per heavy atom. The normalized spacial score (nSPS) is 16.6. The van der Waals surface area contributed by atoms with Gasteiger partial charge in [-0.15, -0.1) is 0 Å². The molecule has 1 aliphatic carbocycles. The Labute approximate surface area is 122 Å². The molecular formula is C14H15Cl2NO2. The van der Waals surface area contributed by atoms with Crippen molar-refractivity contribution in [1.82, 2.24) is 5.32 Å². The second-order valence-corrected chi connectivity index (χ2v) is 5.72. The van der Waals surface area contributed by atoms with Crippen molar-refractivity contribution in [3.63, 3.8) is 0 Å². The molecule has 0 spiro atoms. The average Bonchev–Trinajstić information content (AvgIpc) is 3.18. The maximum Gasteiger partial charge on any atom is 0.244 e. The molecule has 1 aromatic carbocycles. The summed E-state index contributed by atoms with van der Waals surface area (Å²) in [6, 6.07) is 5.08. The Morgan fingerprint density at radius 3 is 2.79 bits per heavy atom. The maximum absolute atomic E-state index is 11.6. The van der Waals surface area contributed by atoms with E-state index in [4.69, 9.17) is 28.3 Å². The zero-order chi connectivity index (χ0) is 13.9. The first kappa shape index (κ1) is 14.4. The molecule has 1 aliphatic rings. The molecule has 0 radical (unpaired) electrons. The highest BCUT2D eigenvalue weighted by atomic mass is 35.5. The van der Waals surface area contributed by atoms with E-state index < -0.39 is 0 Å². The van der Waals surface area contributed by atoms with Gasteiger partial charge in [0.2, 0.25) is 5.91 Å². The van der Waals surface area contributed by atoms with Crippen LogP contribution in [0.2, 0.25) is 10.0 Å². The van der Waals surface area contributed by atoms with Gasteiger partial charge in [-0.3, -0.25) is 4.79 Å². The van der Waals surface area contributed by atoms with Crippen molar-refractivity contribution >= 4 is 35.2 Å². The lowest BCUT2D eigenvalue weighted by Gasteiger charge is -2.11. The molecule has 1 amide bonds. The van der Waals surface area contributed by atoms with Gasteiger partial charge in [-0.25, -0.2) is 0 Å². The lowest BCUT2D eigenvalue weighted by atomic mass is 10.1. The number of benzene rings is 1. The van der Waals surface area contributed by atoms with Crippen molar-refractivity contribution in [3.8, 4) is 0 Å². The second-order valence-electron chi connectivity index (χ2n) is 4.88. The fraction of sp³-hybridized carbons (Fsp3) is 0.357. The highest BCUT2D eigenvalue weighted by molar-refractivity contribution is 6.34. The molecule has 1 saturated carbocycles. The molecule has 0 aliphatic heterocycles. The first-order valence-corrected chi connectivity index (χ1v) is 6.82.